The molecule has 0 radical (unpaired) electrons. The van der Waals surface area contributed by atoms with Gasteiger partial charge in [-0.15, -0.1) is 0 Å². The number of alkyl halides is 3. The molecule has 0 aliphatic heterocycles. The number of hydrogen-bond donors (Lipinski definition) is 3. The standard InChI is InChI=1S/C8H15N3O2.C2HF3O2/c1-3-5(9)7(12)8-10-6(4-2)13-11-8;3-2(4,5)1(6)7/h5,7,12H,3-4,9H2,1-2H3;(H,6,7). The van der Waals surface area contributed by atoms with Gasteiger partial charge in [-0.25, -0.2) is 4.79 Å². The first-order chi connectivity index (χ1) is 9.13. The summed E-state index contributed by atoms with van der Waals surface area (Å²) >= 11 is 0. The zero-order chi connectivity index (χ0) is 15.9. The molecule has 0 aliphatic rings. The van der Waals surface area contributed by atoms with E-state index in [-0.39, 0.29) is 11.9 Å². The van der Waals surface area contributed by atoms with Crippen LogP contribution >= 0.6 is 0 Å². The van der Waals surface area contributed by atoms with Gasteiger partial charge in [0.2, 0.25) is 11.7 Å². The van der Waals surface area contributed by atoms with Crippen molar-refractivity contribution in [1.82, 2.24) is 10.1 Å². The first kappa shape index (κ1) is 18.3. The number of carbonyl (C=O) groups is 1. The Morgan fingerprint density at radius 2 is 1.95 bits per heavy atom. The largest absolute Gasteiger partial charge is 0.490 e. The second kappa shape index (κ2) is 7.80. The van der Waals surface area contributed by atoms with Crippen LogP contribution in [0.15, 0.2) is 4.52 Å². The topological polar surface area (TPSA) is 122 Å². The van der Waals surface area contributed by atoms with E-state index in [9.17, 15) is 18.3 Å². The molecule has 10 heteroatoms. The molecular formula is C10H16F3N3O4. The molecule has 0 saturated heterocycles. The van der Waals surface area contributed by atoms with Gasteiger partial charge in [-0.05, 0) is 6.42 Å². The van der Waals surface area contributed by atoms with Crippen LogP contribution in [0.2, 0.25) is 0 Å². The number of hydrogen-bond acceptors (Lipinski definition) is 6. The number of carboxylic acids is 1. The minimum absolute atomic E-state index is 0.284. The third-order valence-electron chi connectivity index (χ3n) is 2.17. The second-order valence-corrected chi connectivity index (χ2v) is 3.72. The zero-order valence-electron chi connectivity index (χ0n) is 10.9. The number of aliphatic carboxylic acids is 1. The molecule has 1 aromatic heterocycles. The van der Waals surface area contributed by atoms with Crippen LogP contribution in [-0.2, 0) is 11.2 Å². The van der Waals surface area contributed by atoms with Crippen LogP contribution in [0, 0.1) is 0 Å². The molecule has 1 rings (SSSR count). The van der Waals surface area contributed by atoms with Crippen LogP contribution in [0.5, 0.6) is 0 Å². The number of carboxylic acid groups (broad SMARTS) is 1. The Bertz CT molecular complexity index is 422. The number of nitrogens with zero attached hydrogens (tertiary/aromatic N) is 2. The van der Waals surface area contributed by atoms with Crippen molar-refractivity contribution < 1.29 is 32.7 Å². The molecule has 1 aromatic rings. The maximum Gasteiger partial charge on any atom is 0.490 e. The summed E-state index contributed by atoms with van der Waals surface area (Å²) in [5.74, 6) is -1.95. The van der Waals surface area contributed by atoms with E-state index in [1.165, 1.54) is 0 Å². The minimum atomic E-state index is -5.08. The van der Waals surface area contributed by atoms with E-state index in [0.717, 1.165) is 0 Å². The quantitative estimate of drug-likeness (QED) is 0.759. The predicted molar refractivity (Wildman–Crippen MR) is 60.6 cm³/mol. The van der Waals surface area contributed by atoms with E-state index in [1.54, 1.807) is 0 Å². The van der Waals surface area contributed by atoms with Crippen molar-refractivity contribution in [3.05, 3.63) is 11.7 Å². The molecule has 0 saturated carbocycles. The molecule has 20 heavy (non-hydrogen) atoms. The van der Waals surface area contributed by atoms with Gasteiger partial charge < -0.3 is 20.5 Å². The number of aryl methyl sites for hydroxylation is 1. The van der Waals surface area contributed by atoms with Gasteiger partial charge in [0, 0.05) is 12.5 Å². The highest BCUT2D eigenvalue weighted by molar-refractivity contribution is 5.73. The molecule has 2 unspecified atom stereocenters. The molecule has 4 N–H and O–H groups in total. The van der Waals surface area contributed by atoms with E-state index in [2.05, 4.69) is 10.1 Å². The fraction of sp³-hybridized carbons (Fsp3) is 0.700. The summed E-state index contributed by atoms with van der Waals surface area (Å²) in [6.45, 7) is 3.80. The van der Waals surface area contributed by atoms with Crippen LogP contribution in [0.1, 0.15) is 38.1 Å². The lowest BCUT2D eigenvalue weighted by Crippen LogP contribution is -2.28. The lowest BCUT2D eigenvalue weighted by Gasteiger charge is -2.12. The summed E-state index contributed by atoms with van der Waals surface area (Å²) in [6.07, 6.45) is -4.56. The Kier molecular flexibility index (Phi) is 7.14. The third kappa shape index (κ3) is 5.97. The van der Waals surface area contributed by atoms with E-state index in [1.807, 2.05) is 13.8 Å². The van der Waals surface area contributed by atoms with E-state index >= 15 is 0 Å². The first-order valence-electron chi connectivity index (χ1n) is 5.69. The Morgan fingerprint density at radius 1 is 1.45 bits per heavy atom. The summed E-state index contributed by atoms with van der Waals surface area (Å²) in [6, 6.07) is -0.331. The van der Waals surface area contributed by atoms with Crippen LogP contribution in [0.4, 0.5) is 13.2 Å². The number of aromatic nitrogens is 2. The predicted octanol–water partition coefficient (Wildman–Crippen LogP) is 1.04. The van der Waals surface area contributed by atoms with Crippen LogP contribution in [0.25, 0.3) is 0 Å². The number of nitrogens with two attached hydrogens (primary N) is 1. The lowest BCUT2D eigenvalue weighted by molar-refractivity contribution is -0.192. The zero-order valence-corrected chi connectivity index (χ0v) is 10.9. The van der Waals surface area contributed by atoms with E-state index in [4.69, 9.17) is 20.2 Å². The van der Waals surface area contributed by atoms with Crippen molar-refractivity contribution in [2.75, 3.05) is 0 Å². The van der Waals surface area contributed by atoms with Gasteiger partial charge in [0.15, 0.2) is 0 Å². The maximum absolute atomic E-state index is 10.6. The highest BCUT2D eigenvalue weighted by Gasteiger charge is 2.38. The average molecular weight is 299 g/mol. The molecule has 1 heterocycles. The molecule has 0 aliphatic carbocycles. The Morgan fingerprint density at radius 3 is 2.25 bits per heavy atom. The highest BCUT2D eigenvalue weighted by Crippen LogP contribution is 2.14. The van der Waals surface area contributed by atoms with Gasteiger partial charge in [-0.2, -0.15) is 18.2 Å². The Balaban J connectivity index is 0.000000441. The average Bonchev–Trinajstić information content (AvgIpc) is 2.85. The molecule has 0 aromatic carbocycles. The summed E-state index contributed by atoms with van der Waals surface area (Å²) in [5.41, 5.74) is 5.63. The van der Waals surface area contributed by atoms with Crippen molar-refractivity contribution in [2.24, 2.45) is 5.73 Å². The number of rotatable bonds is 4. The highest BCUT2D eigenvalue weighted by atomic mass is 19.4. The van der Waals surface area contributed by atoms with Gasteiger partial charge >= 0.3 is 12.1 Å². The van der Waals surface area contributed by atoms with Crippen LogP contribution in [-0.4, -0.2) is 38.5 Å². The summed E-state index contributed by atoms with van der Waals surface area (Å²) in [5, 5.41) is 20.4. The monoisotopic (exact) mass is 299 g/mol. The van der Waals surface area contributed by atoms with Crippen molar-refractivity contribution >= 4 is 5.97 Å². The molecule has 7 nitrogen and oxygen atoms in total. The lowest BCUT2D eigenvalue weighted by atomic mass is 10.1. The van der Waals surface area contributed by atoms with Gasteiger partial charge in [-0.1, -0.05) is 19.0 Å². The normalized spacial score (nSPS) is 14.2. The molecule has 2 atom stereocenters. The van der Waals surface area contributed by atoms with Crippen molar-refractivity contribution in [3.63, 3.8) is 0 Å². The number of aliphatic hydroxyl groups is 1. The summed E-state index contributed by atoms with van der Waals surface area (Å²) in [4.78, 5) is 12.9. The molecular weight excluding hydrogens is 283 g/mol. The van der Waals surface area contributed by atoms with Crippen molar-refractivity contribution in [3.8, 4) is 0 Å². The SMILES string of the molecule is CCc1nc(C(O)C(N)CC)no1.O=C(O)C(F)(F)F. The number of aliphatic hydroxyl groups excluding tert-OH is 1. The van der Waals surface area contributed by atoms with E-state index < -0.39 is 18.2 Å². The molecule has 116 valence electrons. The van der Waals surface area contributed by atoms with E-state index in [0.29, 0.717) is 18.7 Å². The number of halogens is 3. The second-order valence-electron chi connectivity index (χ2n) is 3.72. The third-order valence-corrected chi connectivity index (χ3v) is 2.17. The molecule has 0 amide bonds. The first-order valence-corrected chi connectivity index (χ1v) is 5.69. The van der Waals surface area contributed by atoms with Gasteiger partial charge in [0.1, 0.15) is 6.10 Å². The maximum atomic E-state index is 10.6. The Labute approximate surface area is 112 Å². The van der Waals surface area contributed by atoms with Gasteiger partial charge in [0.05, 0.1) is 0 Å². The molecule has 0 fully saturated rings. The Hall–Kier alpha value is -1.68. The van der Waals surface area contributed by atoms with Crippen LogP contribution < -0.4 is 5.73 Å². The van der Waals surface area contributed by atoms with Gasteiger partial charge in [-0.3, -0.25) is 0 Å². The fourth-order valence-corrected chi connectivity index (χ4v) is 0.947. The fourth-order valence-electron chi connectivity index (χ4n) is 0.947. The summed E-state index contributed by atoms with van der Waals surface area (Å²) in [7, 11) is 0. The smallest absolute Gasteiger partial charge is 0.475 e. The minimum Gasteiger partial charge on any atom is -0.475 e. The molecule has 0 spiro atoms. The van der Waals surface area contributed by atoms with Crippen LogP contribution in [0.3, 0.4) is 0 Å². The molecule has 0 bridgehead atoms. The summed E-state index contributed by atoms with van der Waals surface area (Å²) < 4.78 is 36.6. The van der Waals surface area contributed by atoms with Crippen molar-refractivity contribution in [2.45, 2.75) is 45.0 Å². The van der Waals surface area contributed by atoms with Gasteiger partial charge in [0.25, 0.3) is 0 Å². The van der Waals surface area contributed by atoms with Crippen molar-refractivity contribution in [1.29, 1.82) is 0 Å².